The molecule has 412 valence electrons. The number of ether oxygens (including phenoxy) is 6. The third-order valence-electron chi connectivity index (χ3n) is 15.9. The molecule has 15 atom stereocenters. The summed E-state index contributed by atoms with van der Waals surface area (Å²) in [4.78, 5) is 85.4. The van der Waals surface area contributed by atoms with Crippen molar-refractivity contribution in [2.75, 3.05) is 41.1 Å². The van der Waals surface area contributed by atoms with Crippen molar-refractivity contribution in [1.29, 1.82) is 0 Å². The fourth-order valence-electron chi connectivity index (χ4n) is 10.7. The normalized spacial score (nSPS) is 36.3. The van der Waals surface area contributed by atoms with Crippen molar-refractivity contribution in [3.8, 4) is 0 Å². The molecule has 17 nitrogen and oxygen atoms in total. The summed E-state index contributed by atoms with van der Waals surface area (Å²) in [5.74, 6) is -9.36. The largest absolute Gasteiger partial charge is 0.460 e. The number of amides is 1. The lowest BCUT2D eigenvalue weighted by Crippen LogP contribution is -2.61. The Kier molecular flexibility index (Phi) is 23.9. The van der Waals surface area contributed by atoms with Crippen molar-refractivity contribution in [3.63, 3.8) is 0 Å². The van der Waals surface area contributed by atoms with Gasteiger partial charge in [0.05, 0.1) is 31.5 Å². The number of aliphatic hydroxyl groups is 4. The number of nitrogens with zero attached hydrogens (tertiary/aromatic N) is 1. The molecule has 73 heavy (non-hydrogen) atoms. The molecule has 17 heteroatoms. The zero-order valence-electron chi connectivity index (χ0n) is 45.3. The van der Waals surface area contributed by atoms with Crippen LogP contribution in [0.1, 0.15) is 132 Å². The molecule has 0 radical (unpaired) electrons. The summed E-state index contributed by atoms with van der Waals surface area (Å²) in [6.45, 7) is 12.7. The quantitative estimate of drug-likeness (QED) is 0.116. The van der Waals surface area contributed by atoms with Crippen LogP contribution in [0.3, 0.4) is 0 Å². The smallest absolute Gasteiger partial charge is 0.329 e. The Morgan fingerprint density at radius 2 is 1.56 bits per heavy atom. The molecule has 0 aromatic heterocycles. The van der Waals surface area contributed by atoms with Gasteiger partial charge in [0.15, 0.2) is 5.78 Å². The van der Waals surface area contributed by atoms with Crippen LogP contribution < -0.4 is 0 Å². The number of ketones is 3. The number of allylic oxidation sites excluding steroid dienone is 6. The molecule has 1 amide bonds. The number of carbonyl (C=O) groups is 6. The molecule has 0 spiro atoms. The van der Waals surface area contributed by atoms with E-state index in [-0.39, 0.29) is 42.8 Å². The Labute approximate surface area is 433 Å². The maximum Gasteiger partial charge on any atom is 0.329 e. The van der Waals surface area contributed by atoms with Crippen LogP contribution in [0.2, 0.25) is 0 Å². The van der Waals surface area contributed by atoms with E-state index >= 15 is 0 Å². The highest BCUT2D eigenvalue weighted by Gasteiger charge is 2.53. The van der Waals surface area contributed by atoms with E-state index in [0.29, 0.717) is 69.8 Å². The second kappa shape index (κ2) is 28.3. The Morgan fingerprint density at radius 1 is 0.863 bits per heavy atom. The van der Waals surface area contributed by atoms with E-state index in [1.807, 2.05) is 51.2 Å². The van der Waals surface area contributed by atoms with Gasteiger partial charge in [-0.1, -0.05) is 71.1 Å². The predicted octanol–water partition coefficient (Wildman–Crippen LogP) is 5.72. The maximum absolute atomic E-state index is 14.5. The number of hydrogen-bond acceptors (Lipinski definition) is 16. The monoisotopic (exact) mass is 1030 g/mol. The Balaban J connectivity index is 1.69. The highest BCUT2D eigenvalue weighted by molar-refractivity contribution is 6.39. The number of methoxy groups -OCH3 is 3. The van der Waals surface area contributed by atoms with Gasteiger partial charge >= 0.3 is 11.9 Å². The molecule has 4 N–H and O–H groups in total. The van der Waals surface area contributed by atoms with Crippen molar-refractivity contribution in [3.05, 3.63) is 47.6 Å². The minimum Gasteiger partial charge on any atom is -0.460 e. The summed E-state index contributed by atoms with van der Waals surface area (Å²) >= 11 is 0. The SMILES string of the molecule is CO[C@H]1C[C@@H]2CC[C@@H](C)[C@@](O)(O2)C(=O)C(=O)N2CCCC[C@H]2C(=O)OC([C@H](C)C[C@@H]2CC[C@@H](OC(=O)C(C)(CO)CO)[C@H](OC)C2)CC(=O)[C@H](C)/C=C(\C)[C@@H](O)[C@@H](OC)C(=O)[C@H](C)C[C@H](C)/C=C/C=CC=C1C. The Bertz CT molecular complexity index is 2010. The second-order valence-corrected chi connectivity index (χ2v) is 21.8. The van der Waals surface area contributed by atoms with E-state index in [2.05, 4.69) is 0 Å². The zero-order chi connectivity index (χ0) is 54.4. The molecule has 4 aliphatic rings. The molecule has 3 aliphatic heterocycles. The summed E-state index contributed by atoms with van der Waals surface area (Å²) in [6.07, 6.45) is 9.76. The molecule has 2 saturated heterocycles. The summed E-state index contributed by atoms with van der Waals surface area (Å²) in [5.41, 5.74) is -0.277. The first-order chi connectivity index (χ1) is 34.5. The van der Waals surface area contributed by atoms with Crippen LogP contribution in [-0.2, 0) is 57.2 Å². The van der Waals surface area contributed by atoms with Gasteiger partial charge in [0.25, 0.3) is 11.7 Å². The van der Waals surface area contributed by atoms with Gasteiger partial charge in [-0.2, -0.15) is 0 Å². The third-order valence-corrected chi connectivity index (χ3v) is 15.9. The van der Waals surface area contributed by atoms with Crippen LogP contribution >= 0.6 is 0 Å². The molecular weight excluding hydrogens is 943 g/mol. The summed E-state index contributed by atoms with van der Waals surface area (Å²) in [7, 11) is 4.43. The van der Waals surface area contributed by atoms with Crippen molar-refractivity contribution in [1.82, 2.24) is 4.90 Å². The van der Waals surface area contributed by atoms with Crippen LogP contribution in [0.25, 0.3) is 0 Å². The Hall–Kier alpha value is -3.94. The highest BCUT2D eigenvalue weighted by atomic mass is 16.6. The summed E-state index contributed by atoms with van der Waals surface area (Å²) in [5, 5.41) is 43.1. The van der Waals surface area contributed by atoms with Crippen LogP contribution in [0, 0.1) is 40.9 Å². The van der Waals surface area contributed by atoms with E-state index in [1.165, 1.54) is 21.1 Å². The lowest BCUT2D eigenvalue weighted by Gasteiger charge is -2.42. The van der Waals surface area contributed by atoms with Gasteiger partial charge in [-0.15, -0.1) is 0 Å². The van der Waals surface area contributed by atoms with Crippen molar-refractivity contribution >= 4 is 35.2 Å². The van der Waals surface area contributed by atoms with Crippen LogP contribution in [-0.4, -0.2) is 156 Å². The van der Waals surface area contributed by atoms with Gasteiger partial charge in [-0.3, -0.25) is 24.0 Å². The number of esters is 2. The fraction of sp³-hybridized carbons (Fsp3) is 0.750. The molecular formula is C56H87NO16. The molecule has 1 saturated carbocycles. The van der Waals surface area contributed by atoms with Crippen LogP contribution in [0.4, 0.5) is 0 Å². The first kappa shape index (κ1) is 61.6. The molecule has 4 rings (SSSR count). The maximum atomic E-state index is 14.5. The standard InChI is InChI=1S/C56H87NO16/c1-33-17-13-12-14-18-34(2)45(68-9)29-41-22-20-39(7)56(67,73-41)51(63)52(64)57-24-16-15-19-42(57)53(65)71-46(30-43(60)35(3)26-38(6)49(62)50(70-11)48(61)37(5)25-33)36(4)27-40-21-23-44(47(28-40)69-10)72-54(66)55(8,31-58)32-59/h12-14,17-18,26,33,35-37,39-42,44-47,49-50,58-59,62,67H,15-16,19-25,27-32H2,1-11H3/b14-12?,17-13+,34-18?,38-26+/t33-,35-,36-,37-,39-,40+,41+,42+,44-,45+,46?,47-,49-,50+,56-/m1/s1. The van der Waals surface area contributed by atoms with Gasteiger partial charge in [0.2, 0.25) is 5.79 Å². The van der Waals surface area contributed by atoms with Gasteiger partial charge in [0.1, 0.15) is 41.7 Å². The van der Waals surface area contributed by atoms with E-state index in [0.717, 1.165) is 10.5 Å². The first-order valence-electron chi connectivity index (χ1n) is 26.4. The minimum atomic E-state index is -2.47. The average Bonchev–Trinajstić information content (AvgIpc) is 3.37. The first-order valence-corrected chi connectivity index (χ1v) is 26.4. The summed E-state index contributed by atoms with van der Waals surface area (Å²) < 4.78 is 35.4. The van der Waals surface area contributed by atoms with E-state index in [9.17, 15) is 49.2 Å². The molecule has 3 fully saturated rings. The number of cyclic esters (lactones) is 1. The number of fused-ring (bicyclic) bond motifs is 3. The number of Topliss-reactive ketones (excluding diaryl/α,β-unsaturated/α-hetero) is 3. The van der Waals surface area contributed by atoms with Gasteiger partial charge < -0.3 is 53.7 Å². The van der Waals surface area contributed by atoms with Crippen molar-refractivity contribution < 1.29 is 77.6 Å². The molecule has 0 aromatic carbocycles. The van der Waals surface area contributed by atoms with Crippen molar-refractivity contribution in [2.45, 2.75) is 187 Å². The second-order valence-electron chi connectivity index (χ2n) is 21.8. The van der Waals surface area contributed by atoms with E-state index < -0.39 is 120 Å². The number of piperidine rings is 1. The highest BCUT2D eigenvalue weighted by Crippen LogP contribution is 2.38. The number of rotatable bonds is 10. The van der Waals surface area contributed by atoms with Crippen LogP contribution in [0.15, 0.2) is 47.6 Å². The molecule has 2 bridgehead atoms. The number of aliphatic hydroxyl groups excluding tert-OH is 3. The predicted molar refractivity (Wildman–Crippen MR) is 271 cm³/mol. The molecule has 0 aromatic rings. The molecule has 1 unspecified atom stereocenters. The number of hydrogen-bond donors (Lipinski definition) is 4. The minimum absolute atomic E-state index is 0.00697. The molecule has 1 aliphatic carbocycles. The van der Waals surface area contributed by atoms with E-state index in [4.69, 9.17) is 28.4 Å². The van der Waals surface area contributed by atoms with Gasteiger partial charge in [-0.25, -0.2) is 4.79 Å². The third kappa shape index (κ3) is 16.0. The summed E-state index contributed by atoms with van der Waals surface area (Å²) in [6, 6.07) is -1.20. The fourth-order valence-corrected chi connectivity index (χ4v) is 10.7. The number of carbonyl (C=O) groups excluding carboxylic acids is 6. The lowest BCUT2D eigenvalue weighted by molar-refractivity contribution is -0.265. The topological polar surface area (TPSA) is 242 Å². The zero-order valence-corrected chi connectivity index (χ0v) is 45.3. The lowest BCUT2D eigenvalue weighted by atomic mass is 9.78. The van der Waals surface area contributed by atoms with Crippen LogP contribution in [0.5, 0.6) is 0 Å². The van der Waals surface area contributed by atoms with Crippen molar-refractivity contribution in [2.24, 2.45) is 40.9 Å². The Morgan fingerprint density at radius 3 is 2.21 bits per heavy atom. The van der Waals surface area contributed by atoms with E-state index in [1.54, 1.807) is 40.9 Å². The van der Waals surface area contributed by atoms with Gasteiger partial charge in [-0.05, 0) is 114 Å². The average molecular weight is 1030 g/mol. The molecule has 3 heterocycles. The van der Waals surface area contributed by atoms with Gasteiger partial charge in [0, 0.05) is 58.5 Å².